The number of fused-ring (bicyclic) bond motifs is 2. The molecule has 0 atom stereocenters. The summed E-state index contributed by atoms with van der Waals surface area (Å²) in [5.74, 6) is 0.300. The van der Waals surface area contributed by atoms with Crippen molar-refractivity contribution < 1.29 is 14.3 Å². The first-order valence-electron chi connectivity index (χ1n) is 7.30. The summed E-state index contributed by atoms with van der Waals surface area (Å²) in [7, 11) is 3.32. The van der Waals surface area contributed by atoms with Gasteiger partial charge < -0.3 is 9.64 Å². The number of ketones is 1. The molecule has 120 valence electrons. The number of Topliss-reactive ketones (excluding diaryl/α,β-unsaturated/α-hetero) is 1. The minimum Gasteiger partial charge on any atom is -0.497 e. The van der Waals surface area contributed by atoms with Crippen LogP contribution in [0.2, 0.25) is 0 Å². The Labute approximate surface area is 147 Å². The van der Waals surface area contributed by atoms with Crippen molar-refractivity contribution >= 4 is 40.9 Å². The van der Waals surface area contributed by atoms with E-state index in [-0.39, 0.29) is 17.3 Å². The van der Waals surface area contributed by atoms with Crippen LogP contribution >= 0.6 is 23.5 Å². The maximum atomic E-state index is 12.9. The highest BCUT2D eigenvalue weighted by atomic mass is 32.2. The number of ether oxygens (including phenoxy) is 1. The predicted molar refractivity (Wildman–Crippen MR) is 95.9 cm³/mol. The van der Waals surface area contributed by atoms with Crippen molar-refractivity contribution in [1.82, 2.24) is 0 Å². The lowest BCUT2D eigenvalue weighted by Crippen LogP contribution is -2.37. The Hall–Kier alpha value is -2.18. The molecule has 24 heavy (non-hydrogen) atoms. The number of benzene rings is 2. The first-order valence-corrected chi connectivity index (χ1v) is 8.93. The van der Waals surface area contributed by atoms with Crippen LogP contribution in [0, 0.1) is 0 Å². The molecule has 4 nitrogen and oxygen atoms in total. The zero-order chi connectivity index (χ0) is 16.8. The summed E-state index contributed by atoms with van der Waals surface area (Å²) in [6, 6.07) is 13.0. The smallest absolute Gasteiger partial charge is 0.263 e. The number of amides is 1. The third-order valence-corrected chi connectivity index (χ3v) is 6.56. The average Bonchev–Trinajstić information content (AvgIpc) is 3.02. The van der Waals surface area contributed by atoms with Gasteiger partial charge in [-0.3, -0.25) is 9.59 Å². The van der Waals surface area contributed by atoms with Crippen molar-refractivity contribution in [2.75, 3.05) is 19.1 Å². The molecule has 2 aromatic rings. The van der Waals surface area contributed by atoms with Gasteiger partial charge in [0.05, 0.1) is 17.0 Å². The Kier molecular flexibility index (Phi) is 3.66. The van der Waals surface area contributed by atoms with E-state index in [1.165, 1.54) is 23.5 Å². The van der Waals surface area contributed by atoms with E-state index in [0.29, 0.717) is 11.3 Å². The normalized spacial score (nSPS) is 19.3. The van der Waals surface area contributed by atoms with Crippen LogP contribution in [0.3, 0.4) is 0 Å². The van der Waals surface area contributed by atoms with E-state index in [9.17, 15) is 9.59 Å². The topological polar surface area (TPSA) is 46.6 Å². The number of carbonyl (C=O) groups excluding carboxylic acids is 2. The van der Waals surface area contributed by atoms with E-state index in [1.54, 1.807) is 31.2 Å². The first-order chi connectivity index (χ1) is 11.6. The van der Waals surface area contributed by atoms with Crippen LogP contribution in [0.1, 0.15) is 10.4 Å². The quantitative estimate of drug-likeness (QED) is 0.572. The Morgan fingerprint density at radius 1 is 1.00 bits per heavy atom. The van der Waals surface area contributed by atoms with E-state index in [0.717, 1.165) is 19.8 Å². The maximum Gasteiger partial charge on any atom is 0.263 e. The summed E-state index contributed by atoms with van der Waals surface area (Å²) < 4.78 is 5.98. The molecule has 0 fully saturated rings. The number of nitrogens with zero attached hydrogens (tertiary/aromatic N) is 1. The van der Waals surface area contributed by atoms with Gasteiger partial charge in [0.25, 0.3) is 5.91 Å². The summed E-state index contributed by atoms with van der Waals surface area (Å²) in [5, 5.41) is 0. The van der Waals surface area contributed by atoms with Crippen molar-refractivity contribution in [3.63, 3.8) is 0 Å². The van der Waals surface area contributed by atoms with Gasteiger partial charge in [-0.05, 0) is 30.3 Å². The Morgan fingerprint density at radius 2 is 1.75 bits per heavy atom. The van der Waals surface area contributed by atoms with Crippen LogP contribution in [0.25, 0.3) is 0 Å². The Bertz CT molecular complexity index is 920. The summed E-state index contributed by atoms with van der Waals surface area (Å²) in [4.78, 5) is 29.2. The number of anilines is 1. The monoisotopic (exact) mass is 355 g/mol. The minimum absolute atomic E-state index is 0.205. The van der Waals surface area contributed by atoms with Crippen LogP contribution in [0.15, 0.2) is 62.1 Å². The molecule has 0 radical (unpaired) electrons. The van der Waals surface area contributed by atoms with Gasteiger partial charge in [0.2, 0.25) is 5.78 Å². The molecule has 2 heterocycles. The van der Waals surface area contributed by atoms with Crippen molar-refractivity contribution in [2.45, 2.75) is 9.79 Å². The zero-order valence-corrected chi connectivity index (χ0v) is 14.7. The fraction of sp³-hybridized carbons (Fsp3) is 0.111. The molecule has 0 saturated carbocycles. The highest BCUT2D eigenvalue weighted by Crippen LogP contribution is 2.54. The van der Waals surface area contributed by atoms with Crippen molar-refractivity contribution in [3.05, 3.63) is 57.8 Å². The number of hydrogen-bond donors (Lipinski definition) is 0. The molecule has 0 saturated heterocycles. The molecule has 0 aliphatic carbocycles. The number of rotatable bonds is 1. The SMILES string of the molecule is COc1ccc2c(c1)SC(=C1C(=O)c3ccccc3N(C)C1=O)S2. The summed E-state index contributed by atoms with van der Waals surface area (Å²) in [6.07, 6.45) is 0. The maximum absolute atomic E-state index is 12.9. The van der Waals surface area contributed by atoms with Gasteiger partial charge in [0.1, 0.15) is 11.3 Å². The lowest BCUT2D eigenvalue weighted by atomic mass is 9.97. The van der Waals surface area contributed by atoms with Gasteiger partial charge in [-0.15, -0.1) is 0 Å². The third kappa shape index (κ3) is 2.25. The fourth-order valence-corrected chi connectivity index (χ4v) is 5.31. The van der Waals surface area contributed by atoms with E-state index in [4.69, 9.17) is 4.74 Å². The number of hydrogen-bond acceptors (Lipinski definition) is 5. The molecular formula is C18H13NO3S2. The van der Waals surface area contributed by atoms with Crippen LogP contribution in [0.4, 0.5) is 5.69 Å². The predicted octanol–water partition coefficient (Wildman–Crippen LogP) is 3.96. The third-order valence-electron chi connectivity index (χ3n) is 4.02. The lowest BCUT2D eigenvalue weighted by Gasteiger charge is -2.26. The second-order valence-electron chi connectivity index (χ2n) is 5.39. The van der Waals surface area contributed by atoms with Gasteiger partial charge >= 0.3 is 0 Å². The average molecular weight is 355 g/mol. The highest BCUT2D eigenvalue weighted by Gasteiger charge is 2.37. The van der Waals surface area contributed by atoms with Crippen LogP contribution in [0.5, 0.6) is 5.75 Å². The van der Waals surface area contributed by atoms with Gasteiger partial charge in [-0.2, -0.15) is 0 Å². The van der Waals surface area contributed by atoms with Gasteiger partial charge in [0.15, 0.2) is 0 Å². The van der Waals surface area contributed by atoms with E-state index >= 15 is 0 Å². The number of likely N-dealkylation sites (N-methyl/N-ethyl adjacent to an activating group) is 1. The van der Waals surface area contributed by atoms with Crippen molar-refractivity contribution in [2.24, 2.45) is 0 Å². The number of para-hydroxylation sites is 1. The van der Waals surface area contributed by atoms with E-state index in [2.05, 4.69) is 0 Å². The molecule has 0 unspecified atom stereocenters. The molecule has 0 bridgehead atoms. The lowest BCUT2D eigenvalue weighted by molar-refractivity contribution is -0.114. The molecule has 0 N–H and O–H groups in total. The molecule has 1 amide bonds. The summed E-state index contributed by atoms with van der Waals surface area (Å²) in [6.45, 7) is 0. The minimum atomic E-state index is -0.256. The molecule has 2 aromatic carbocycles. The fourth-order valence-electron chi connectivity index (χ4n) is 2.75. The van der Waals surface area contributed by atoms with Gasteiger partial charge in [-0.25, -0.2) is 0 Å². The van der Waals surface area contributed by atoms with Crippen LogP contribution in [-0.4, -0.2) is 25.8 Å². The summed E-state index contributed by atoms with van der Waals surface area (Å²) >= 11 is 2.92. The molecule has 2 aliphatic heterocycles. The van der Waals surface area contributed by atoms with Gasteiger partial charge in [-0.1, -0.05) is 35.7 Å². The van der Waals surface area contributed by atoms with Crippen molar-refractivity contribution in [3.8, 4) is 5.75 Å². The Balaban J connectivity index is 1.81. The molecular weight excluding hydrogens is 342 g/mol. The van der Waals surface area contributed by atoms with E-state index < -0.39 is 0 Å². The van der Waals surface area contributed by atoms with Crippen molar-refractivity contribution in [1.29, 1.82) is 0 Å². The van der Waals surface area contributed by atoms with Crippen LogP contribution < -0.4 is 9.64 Å². The standard InChI is InChI=1S/C18H13NO3S2/c1-19-12-6-4-3-5-11(12)16(20)15(17(19)21)18-23-13-8-7-10(22-2)9-14(13)24-18/h3-9H,1-2H3. The second-order valence-corrected chi connectivity index (χ2v) is 7.75. The molecule has 2 aliphatic rings. The largest absolute Gasteiger partial charge is 0.497 e. The molecule has 6 heteroatoms. The van der Waals surface area contributed by atoms with Gasteiger partial charge in [0, 0.05) is 22.4 Å². The number of methoxy groups -OCH3 is 1. The Morgan fingerprint density at radius 3 is 2.54 bits per heavy atom. The number of carbonyl (C=O) groups is 2. The number of thioether (sulfide) groups is 2. The zero-order valence-electron chi connectivity index (χ0n) is 13.0. The van der Waals surface area contributed by atoms with Crippen LogP contribution in [-0.2, 0) is 4.79 Å². The molecule has 4 rings (SSSR count). The van der Waals surface area contributed by atoms with E-state index in [1.807, 2.05) is 30.3 Å². The molecule has 0 spiro atoms. The summed E-state index contributed by atoms with van der Waals surface area (Å²) in [5.41, 5.74) is 1.47. The molecule has 0 aromatic heterocycles. The highest BCUT2D eigenvalue weighted by molar-refractivity contribution is 8.24. The second kappa shape index (κ2) is 5.72. The first kappa shape index (κ1) is 15.4.